The van der Waals surface area contributed by atoms with E-state index < -0.39 is 0 Å². The van der Waals surface area contributed by atoms with E-state index in [9.17, 15) is 0 Å². The second kappa shape index (κ2) is 9.67. The molecule has 3 aromatic rings. The number of allylic oxidation sites excluding steroid dienone is 1. The maximum absolute atomic E-state index is 4.93. The molecule has 4 heterocycles. The van der Waals surface area contributed by atoms with Gasteiger partial charge in [-0.3, -0.25) is 0 Å². The van der Waals surface area contributed by atoms with Crippen molar-refractivity contribution in [1.82, 2.24) is 24.6 Å². The first kappa shape index (κ1) is 22.2. The van der Waals surface area contributed by atoms with E-state index in [1.165, 1.54) is 12.0 Å². The summed E-state index contributed by atoms with van der Waals surface area (Å²) in [7, 11) is 0. The van der Waals surface area contributed by atoms with Crippen LogP contribution in [0.15, 0.2) is 30.2 Å². The summed E-state index contributed by atoms with van der Waals surface area (Å²) < 4.78 is 1.91. The van der Waals surface area contributed by atoms with Gasteiger partial charge >= 0.3 is 0 Å². The number of aryl methyl sites for hydroxylation is 1. The quantitative estimate of drug-likeness (QED) is 0.509. The fourth-order valence-electron chi connectivity index (χ4n) is 4.58. The van der Waals surface area contributed by atoms with Gasteiger partial charge in [0.2, 0.25) is 0 Å². The van der Waals surface area contributed by atoms with Gasteiger partial charge in [-0.05, 0) is 59.4 Å². The van der Waals surface area contributed by atoms with E-state index in [1.807, 2.05) is 10.7 Å². The summed E-state index contributed by atoms with van der Waals surface area (Å²) in [6.45, 7) is 13.6. The Kier molecular flexibility index (Phi) is 6.72. The highest BCUT2D eigenvalue weighted by atomic mass is 15.3. The third kappa shape index (κ3) is 4.47. The van der Waals surface area contributed by atoms with E-state index in [0.29, 0.717) is 0 Å². The van der Waals surface area contributed by atoms with Crippen LogP contribution in [0.3, 0.4) is 0 Å². The summed E-state index contributed by atoms with van der Waals surface area (Å²) in [5.74, 6) is 2.03. The van der Waals surface area contributed by atoms with Crippen LogP contribution < -0.4 is 9.80 Å². The van der Waals surface area contributed by atoms with Crippen LogP contribution in [0.4, 0.5) is 11.6 Å². The molecule has 3 aromatic heterocycles. The van der Waals surface area contributed by atoms with Crippen molar-refractivity contribution in [2.24, 2.45) is 0 Å². The average Bonchev–Trinajstić information content (AvgIpc) is 3.22. The number of hydrogen-bond donors (Lipinski definition) is 0. The number of hydrogen-bond acceptors (Lipinski definition) is 6. The molecule has 0 amide bonds. The van der Waals surface area contributed by atoms with Crippen LogP contribution in [0.5, 0.6) is 0 Å². The Labute approximate surface area is 191 Å². The number of aromatic nitrogens is 5. The van der Waals surface area contributed by atoms with Crippen molar-refractivity contribution in [2.45, 2.75) is 66.3 Å². The number of fused-ring (bicyclic) bond motifs is 1. The lowest BCUT2D eigenvalue weighted by Crippen LogP contribution is -2.35. The van der Waals surface area contributed by atoms with Crippen molar-refractivity contribution in [1.29, 1.82) is 0 Å². The molecule has 1 atom stereocenters. The Morgan fingerprint density at radius 1 is 1.22 bits per heavy atom. The van der Waals surface area contributed by atoms with E-state index >= 15 is 0 Å². The van der Waals surface area contributed by atoms with Crippen LogP contribution in [0.25, 0.3) is 11.7 Å². The van der Waals surface area contributed by atoms with Crippen molar-refractivity contribution in [2.75, 3.05) is 29.4 Å². The number of anilines is 2. The largest absolute Gasteiger partial charge is 0.357 e. The van der Waals surface area contributed by atoms with E-state index in [2.05, 4.69) is 67.6 Å². The Morgan fingerprint density at radius 2 is 2.06 bits per heavy atom. The van der Waals surface area contributed by atoms with Crippen molar-refractivity contribution < 1.29 is 0 Å². The van der Waals surface area contributed by atoms with Crippen molar-refractivity contribution in [3.8, 4) is 0 Å². The smallest absolute Gasteiger partial charge is 0.157 e. The lowest BCUT2D eigenvalue weighted by atomic mass is 9.98. The molecule has 0 aliphatic carbocycles. The zero-order valence-electron chi connectivity index (χ0n) is 20.0. The third-order valence-electron chi connectivity index (χ3n) is 6.14. The molecular weight excluding hydrogens is 398 g/mol. The fraction of sp³-hybridized carbons (Fsp3) is 0.520. The van der Waals surface area contributed by atoms with Gasteiger partial charge in [0.25, 0.3) is 0 Å². The first-order valence-corrected chi connectivity index (χ1v) is 11.9. The van der Waals surface area contributed by atoms with Gasteiger partial charge in [0.15, 0.2) is 5.65 Å². The maximum Gasteiger partial charge on any atom is 0.157 e. The SMILES string of the molecule is CCCN(CC)c1ccn2nc(C3CCCCN3c3ncnc(C)c3C=C(C)C)cc2n1. The zero-order valence-corrected chi connectivity index (χ0v) is 20.0. The van der Waals surface area contributed by atoms with E-state index in [0.717, 1.165) is 73.1 Å². The molecule has 0 bridgehead atoms. The summed E-state index contributed by atoms with van der Waals surface area (Å²) in [5.41, 5.74) is 5.34. The van der Waals surface area contributed by atoms with Gasteiger partial charge in [-0.1, -0.05) is 18.6 Å². The first-order chi connectivity index (χ1) is 15.5. The Bertz CT molecular complexity index is 1100. The van der Waals surface area contributed by atoms with E-state index in [4.69, 9.17) is 15.1 Å². The van der Waals surface area contributed by atoms with Gasteiger partial charge in [0.05, 0.1) is 17.4 Å². The van der Waals surface area contributed by atoms with Crippen molar-refractivity contribution >= 4 is 23.4 Å². The molecule has 1 saturated heterocycles. The van der Waals surface area contributed by atoms with Gasteiger partial charge in [-0.2, -0.15) is 5.10 Å². The van der Waals surface area contributed by atoms with Gasteiger partial charge in [-0.15, -0.1) is 0 Å². The van der Waals surface area contributed by atoms with Gasteiger partial charge < -0.3 is 9.80 Å². The molecule has 4 rings (SSSR count). The maximum atomic E-state index is 4.93. The lowest BCUT2D eigenvalue weighted by molar-refractivity contribution is 0.459. The summed E-state index contributed by atoms with van der Waals surface area (Å²) >= 11 is 0. The number of piperidine rings is 1. The minimum atomic E-state index is 0.186. The Morgan fingerprint density at radius 3 is 2.81 bits per heavy atom. The summed E-state index contributed by atoms with van der Waals surface area (Å²) in [6, 6.07) is 4.41. The molecule has 0 N–H and O–H groups in total. The number of nitrogens with zero attached hydrogens (tertiary/aromatic N) is 7. The second-order valence-corrected chi connectivity index (χ2v) is 8.86. The van der Waals surface area contributed by atoms with Crippen LogP contribution in [-0.2, 0) is 0 Å². The van der Waals surface area contributed by atoms with Crippen LogP contribution in [0.1, 0.15) is 76.4 Å². The average molecular weight is 434 g/mol. The van der Waals surface area contributed by atoms with E-state index in [1.54, 1.807) is 6.33 Å². The molecular formula is C25H35N7. The fourth-order valence-corrected chi connectivity index (χ4v) is 4.58. The standard InChI is InChI=1S/C25H35N7/c1-6-12-30(7-2)23-11-14-32-24(28-23)16-21(29-32)22-10-8-9-13-31(22)25-20(15-18(3)4)19(5)26-17-27-25/h11,14-17,22H,6-10,12-13H2,1-5H3. The molecule has 0 saturated carbocycles. The van der Waals surface area contributed by atoms with Crippen LogP contribution in [0, 0.1) is 6.92 Å². The van der Waals surface area contributed by atoms with Crippen molar-refractivity contribution in [3.05, 3.63) is 47.2 Å². The summed E-state index contributed by atoms with van der Waals surface area (Å²) in [5, 5.41) is 4.93. The molecule has 1 aliphatic rings. The zero-order chi connectivity index (χ0) is 22.7. The minimum Gasteiger partial charge on any atom is -0.357 e. The van der Waals surface area contributed by atoms with Gasteiger partial charge in [0.1, 0.15) is 18.0 Å². The highest BCUT2D eigenvalue weighted by Crippen LogP contribution is 2.36. The van der Waals surface area contributed by atoms with Gasteiger partial charge in [-0.25, -0.2) is 19.5 Å². The molecule has 0 aromatic carbocycles. The van der Waals surface area contributed by atoms with Gasteiger partial charge in [0, 0.05) is 37.5 Å². The van der Waals surface area contributed by atoms with E-state index in [-0.39, 0.29) is 6.04 Å². The predicted octanol–water partition coefficient (Wildman–Crippen LogP) is 5.22. The van der Waals surface area contributed by atoms with Crippen LogP contribution in [-0.4, -0.2) is 44.2 Å². The summed E-state index contributed by atoms with van der Waals surface area (Å²) in [4.78, 5) is 18.8. The molecule has 32 heavy (non-hydrogen) atoms. The molecule has 0 spiro atoms. The van der Waals surface area contributed by atoms with Crippen molar-refractivity contribution in [3.63, 3.8) is 0 Å². The Balaban J connectivity index is 1.72. The monoisotopic (exact) mass is 433 g/mol. The minimum absolute atomic E-state index is 0.186. The highest BCUT2D eigenvalue weighted by Gasteiger charge is 2.29. The predicted molar refractivity (Wildman–Crippen MR) is 131 cm³/mol. The molecule has 7 heteroatoms. The summed E-state index contributed by atoms with van der Waals surface area (Å²) in [6.07, 6.45) is 10.4. The molecule has 0 radical (unpaired) electrons. The normalized spacial score (nSPS) is 16.4. The molecule has 1 unspecified atom stereocenters. The topological polar surface area (TPSA) is 62.5 Å². The lowest BCUT2D eigenvalue weighted by Gasteiger charge is -2.36. The molecule has 1 fully saturated rings. The molecule has 170 valence electrons. The highest BCUT2D eigenvalue weighted by molar-refractivity contribution is 5.68. The molecule has 7 nitrogen and oxygen atoms in total. The molecule has 1 aliphatic heterocycles. The third-order valence-corrected chi connectivity index (χ3v) is 6.14. The Hall–Kier alpha value is -2.96. The second-order valence-electron chi connectivity index (χ2n) is 8.86. The number of rotatable bonds is 7. The van der Waals surface area contributed by atoms with Crippen LogP contribution in [0.2, 0.25) is 0 Å². The first-order valence-electron chi connectivity index (χ1n) is 11.9. The van der Waals surface area contributed by atoms with Crippen LogP contribution >= 0.6 is 0 Å².